The molecule has 0 radical (unpaired) electrons. The molecule has 1 aliphatic carbocycles. The van der Waals surface area contributed by atoms with E-state index in [0.29, 0.717) is 55.2 Å². The molecule has 6 nitrogen and oxygen atoms in total. The van der Waals surface area contributed by atoms with Crippen molar-refractivity contribution < 1.29 is 23.1 Å². The Morgan fingerprint density at radius 2 is 1.51 bits per heavy atom. The van der Waals surface area contributed by atoms with E-state index in [1.165, 1.54) is 50.9 Å². The Morgan fingerprint density at radius 3 is 2.08 bits per heavy atom. The van der Waals surface area contributed by atoms with E-state index in [1.54, 1.807) is 28.0 Å². The Morgan fingerprint density at radius 1 is 0.897 bits per heavy atom. The summed E-state index contributed by atoms with van der Waals surface area (Å²) in [6.07, 6.45) is 6.15. The van der Waals surface area contributed by atoms with Crippen LogP contribution in [-0.2, 0) is 4.79 Å². The summed E-state index contributed by atoms with van der Waals surface area (Å²) in [6.45, 7) is 9.32. The van der Waals surface area contributed by atoms with Crippen LogP contribution in [0.3, 0.4) is 0 Å². The van der Waals surface area contributed by atoms with Gasteiger partial charge in [-0.05, 0) is 85.5 Å². The van der Waals surface area contributed by atoms with Gasteiger partial charge in [0.2, 0.25) is 5.91 Å². The molecule has 0 aromatic heterocycles. The molecule has 2 heterocycles. The topological polar surface area (TPSA) is 53.1 Å². The van der Waals surface area contributed by atoms with E-state index in [9.17, 15) is 18.4 Å². The van der Waals surface area contributed by atoms with Gasteiger partial charge in [-0.15, -0.1) is 0 Å². The van der Waals surface area contributed by atoms with E-state index >= 15 is 0 Å². The Bertz CT molecular complexity index is 1200. The molecule has 3 aliphatic rings. The fraction of sp³-hybridized carbons (Fsp3) is 0.548. The Balaban J connectivity index is 1.14. The van der Waals surface area contributed by atoms with Crippen molar-refractivity contribution in [1.82, 2.24) is 14.7 Å². The maximum Gasteiger partial charge on any atom is 0.256 e. The van der Waals surface area contributed by atoms with Gasteiger partial charge in [-0.2, -0.15) is 0 Å². The van der Waals surface area contributed by atoms with Crippen molar-refractivity contribution in [1.29, 1.82) is 0 Å². The zero-order valence-electron chi connectivity index (χ0n) is 23.1. The quantitative estimate of drug-likeness (QED) is 0.484. The van der Waals surface area contributed by atoms with Crippen LogP contribution < -0.4 is 4.74 Å². The summed E-state index contributed by atoms with van der Waals surface area (Å²) in [6, 6.07) is 9.03. The molecule has 2 aromatic carbocycles. The van der Waals surface area contributed by atoms with Gasteiger partial charge >= 0.3 is 0 Å². The van der Waals surface area contributed by atoms with Crippen molar-refractivity contribution in [3.63, 3.8) is 0 Å². The number of benzene rings is 2. The molecule has 39 heavy (non-hydrogen) atoms. The summed E-state index contributed by atoms with van der Waals surface area (Å²) in [5.41, 5.74) is 1.48. The fourth-order valence-corrected chi connectivity index (χ4v) is 6.06. The highest BCUT2D eigenvalue weighted by Gasteiger charge is 2.34. The molecule has 5 rings (SSSR count). The number of carbonyl (C=O) groups is 2. The number of likely N-dealkylation sites (tertiary alicyclic amines) is 1. The molecule has 8 heteroatoms. The van der Waals surface area contributed by atoms with Crippen LogP contribution in [0.2, 0.25) is 0 Å². The first-order valence-electron chi connectivity index (χ1n) is 14.2. The minimum Gasteiger partial charge on any atom is -0.490 e. The fourth-order valence-electron chi connectivity index (χ4n) is 6.06. The molecule has 1 saturated carbocycles. The number of hydrogen-bond donors (Lipinski definition) is 0. The molecule has 0 unspecified atom stereocenters. The first-order chi connectivity index (χ1) is 18.7. The van der Waals surface area contributed by atoms with E-state index in [0.717, 1.165) is 25.9 Å². The van der Waals surface area contributed by atoms with Crippen molar-refractivity contribution in [2.24, 2.45) is 11.3 Å². The van der Waals surface area contributed by atoms with E-state index in [4.69, 9.17) is 4.74 Å². The second-order valence-corrected chi connectivity index (χ2v) is 11.8. The largest absolute Gasteiger partial charge is 0.490 e. The minimum atomic E-state index is -0.648. The molecule has 3 fully saturated rings. The van der Waals surface area contributed by atoms with Gasteiger partial charge in [0.05, 0.1) is 12.2 Å². The van der Waals surface area contributed by atoms with Crippen LogP contribution >= 0.6 is 0 Å². The number of carbonyl (C=O) groups excluding carboxylic acids is 2. The van der Waals surface area contributed by atoms with Crippen molar-refractivity contribution in [3.05, 3.63) is 53.6 Å². The summed E-state index contributed by atoms with van der Waals surface area (Å²) in [4.78, 5) is 30.2. The third-order valence-corrected chi connectivity index (χ3v) is 8.82. The second kappa shape index (κ2) is 11.6. The zero-order valence-corrected chi connectivity index (χ0v) is 23.1. The molecule has 210 valence electrons. The molecule has 2 saturated heterocycles. The number of piperazine rings is 1. The van der Waals surface area contributed by atoms with E-state index < -0.39 is 17.5 Å². The highest BCUT2D eigenvalue weighted by Crippen LogP contribution is 2.41. The standard InChI is InChI=1S/C31H39F2N3O3/c1-22(37)35-14-16-36(17-15-35)30(38)26-6-4-24(18-27(26)32)25-5-7-29(28(33)19-25)39-20-23-8-12-34(13-9-23)21-31(2)10-3-11-31/h4-7,18-19,23H,3,8-17,20-21H2,1-2H3. The van der Waals surface area contributed by atoms with Crippen LogP contribution in [0, 0.1) is 23.0 Å². The van der Waals surface area contributed by atoms with Crippen LogP contribution in [-0.4, -0.2) is 78.9 Å². The van der Waals surface area contributed by atoms with Gasteiger partial charge in [0.1, 0.15) is 5.82 Å². The summed E-state index contributed by atoms with van der Waals surface area (Å²) in [5.74, 6) is -0.938. The second-order valence-electron chi connectivity index (χ2n) is 11.8. The van der Waals surface area contributed by atoms with Crippen molar-refractivity contribution in [2.45, 2.75) is 46.0 Å². The van der Waals surface area contributed by atoms with Gasteiger partial charge in [-0.25, -0.2) is 8.78 Å². The number of ether oxygens (including phenoxy) is 1. The van der Waals surface area contributed by atoms with Gasteiger partial charge in [-0.3, -0.25) is 9.59 Å². The molecule has 2 amide bonds. The normalized spacial score (nSPS) is 20.0. The van der Waals surface area contributed by atoms with Crippen LogP contribution in [0.5, 0.6) is 5.75 Å². The van der Waals surface area contributed by atoms with Gasteiger partial charge in [0, 0.05) is 39.6 Å². The third kappa shape index (κ3) is 6.43. The lowest BCUT2D eigenvalue weighted by Crippen LogP contribution is -2.50. The van der Waals surface area contributed by atoms with Gasteiger partial charge in [0.15, 0.2) is 11.6 Å². The highest BCUT2D eigenvalue weighted by atomic mass is 19.1. The summed E-state index contributed by atoms with van der Waals surface area (Å²) < 4.78 is 35.7. The van der Waals surface area contributed by atoms with Crippen molar-refractivity contribution in [3.8, 4) is 16.9 Å². The summed E-state index contributed by atoms with van der Waals surface area (Å²) >= 11 is 0. The lowest BCUT2D eigenvalue weighted by molar-refractivity contribution is -0.130. The van der Waals surface area contributed by atoms with Crippen LogP contribution in [0.15, 0.2) is 36.4 Å². The maximum absolute atomic E-state index is 15.0. The van der Waals surface area contributed by atoms with E-state index in [1.807, 2.05) is 0 Å². The van der Waals surface area contributed by atoms with Crippen molar-refractivity contribution in [2.75, 3.05) is 52.4 Å². The van der Waals surface area contributed by atoms with Crippen molar-refractivity contribution >= 4 is 11.8 Å². The predicted molar refractivity (Wildman–Crippen MR) is 147 cm³/mol. The number of nitrogens with zero attached hydrogens (tertiary/aromatic N) is 3. The Hall–Kier alpha value is -3.00. The van der Waals surface area contributed by atoms with Crippen LogP contribution in [0.25, 0.3) is 11.1 Å². The monoisotopic (exact) mass is 539 g/mol. The number of halogens is 2. The maximum atomic E-state index is 15.0. The highest BCUT2D eigenvalue weighted by molar-refractivity contribution is 5.95. The van der Waals surface area contributed by atoms with Gasteiger partial charge in [0.25, 0.3) is 5.91 Å². The van der Waals surface area contributed by atoms with E-state index in [2.05, 4.69) is 11.8 Å². The molecular formula is C31H39F2N3O3. The predicted octanol–water partition coefficient (Wildman–Crippen LogP) is 5.22. The molecule has 2 aliphatic heterocycles. The van der Waals surface area contributed by atoms with E-state index in [-0.39, 0.29) is 17.2 Å². The lowest BCUT2D eigenvalue weighted by atomic mass is 9.70. The molecule has 0 atom stereocenters. The minimum absolute atomic E-state index is 0.0247. The number of rotatable bonds is 7. The third-order valence-electron chi connectivity index (χ3n) is 8.82. The van der Waals surface area contributed by atoms with Crippen LogP contribution in [0.4, 0.5) is 8.78 Å². The number of amides is 2. The summed E-state index contributed by atoms with van der Waals surface area (Å²) in [5, 5.41) is 0. The van der Waals surface area contributed by atoms with Gasteiger partial charge < -0.3 is 19.4 Å². The molecule has 0 spiro atoms. The smallest absolute Gasteiger partial charge is 0.256 e. The first-order valence-corrected chi connectivity index (χ1v) is 14.2. The summed E-state index contributed by atoms with van der Waals surface area (Å²) in [7, 11) is 0. The number of hydrogen-bond acceptors (Lipinski definition) is 4. The molecule has 0 bridgehead atoms. The average Bonchev–Trinajstić information content (AvgIpc) is 2.92. The van der Waals surface area contributed by atoms with Gasteiger partial charge in [-0.1, -0.05) is 25.5 Å². The Kier molecular flexibility index (Phi) is 8.21. The molecule has 0 N–H and O–H groups in total. The average molecular weight is 540 g/mol. The SMILES string of the molecule is CC(=O)N1CCN(C(=O)c2ccc(-c3ccc(OCC4CCN(CC5(C)CCC5)CC4)c(F)c3)cc2F)CC1. The molecule has 2 aromatic rings. The first kappa shape index (κ1) is 27.6. The van der Waals surface area contributed by atoms with Crippen LogP contribution in [0.1, 0.15) is 56.3 Å². The molecular weight excluding hydrogens is 500 g/mol. The Labute approximate surface area is 229 Å². The lowest BCUT2D eigenvalue weighted by Gasteiger charge is -2.44. The zero-order chi connectivity index (χ0) is 27.6. The number of piperidine rings is 1.